The number of quaternary nitrogens is 1. The summed E-state index contributed by atoms with van der Waals surface area (Å²) in [4.78, 5) is 37.7. The van der Waals surface area contributed by atoms with Crippen molar-refractivity contribution in [3.63, 3.8) is 0 Å². The van der Waals surface area contributed by atoms with Crippen molar-refractivity contribution in [2.45, 2.75) is 270 Å². The van der Waals surface area contributed by atoms with Crippen LogP contribution in [0.5, 0.6) is 0 Å². The van der Waals surface area contributed by atoms with Gasteiger partial charge in [0.15, 0.2) is 6.10 Å². The fraction of sp³-hybridized carbons (Fsp3) is 0.925. The number of carbonyl (C=O) groups excluding carboxylic acids is 2. The zero-order valence-corrected chi connectivity index (χ0v) is 43.2. The molecule has 0 fully saturated rings. The molecule has 10 heteroatoms. The summed E-state index contributed by atoms with van der Waals surface area (Å²) in [7, 11) is 1.18. The van der Waals surface area contributed by atoms with Crippen LogP contribution in [0.1, 0.15) is 264 Å². The average molecular weight is 914 g/mol. The van der Waals surface area contributed by atoms with Crippen molar-refractivity contribution in [3.8, 4) is 0 Å². The summed E-state index contributed by atoms with van der Waals surface area (Å²) in [6, 6.07) is 0. The summed E-state index contributed by atoms with van der Waals surface area (Å²) in [5.41, 5.74) is 0. The van der Waals surface area contributed by atoms with Gasteiger partial charge in [-0.3, -0.25) is 14.2 Å². The Morgan fingerprint density at radius 2 is 0.810 bits per heavy atom. The molecule has 0 aliphatic carbocycles. The molecule has 0 radical (unpaired) electrons. The van der Waals surface area contributed by atoms with Gasteiger partial charge in [-0.25, -0.2) is 0 Å². The van der Waals surface area contributed by atoms with Crippen molar-refractivity contribution >= 4 is 19.8 Å². The summed E-state index contributed by atoms with van der Waals surface area (Å²) in [5, 5.41) is 0. The summed E-state index contributed by atoms with van der Waals surface area (Å²) in [6.07, 6.45) is 51.0. The average Bonchev–Trinajstić information content (AvgIpc) is 3.24. The number of phosphoric acid groups is 1. The van der Waals surface area contributed by atoms with Crippen LogP contribution >= 0.6 is 7.82 Å². The first-order valence-electron chi connectivity index (χ1n) is 26.9. The minimum Gasteiger partial charge on any atom is -0.756 e. The largest absolute Gasteiger partial charge is 0.756 e. The molecular weight excluding hydrogens is 810 g/mol. The van der Waals surface area contributed by atoms with E-state index >= 15 is 0 Å². The van der Waals surface area contributed by atoms with Crippen LogP contribution in [0.15, 0.2) is 12.2 Å². The Hall–Kier alpha value is -1.25. The van der Waals surface area contributed by atoms with Gasteiger partial charge in [0.1, 0.15) is 19.8 Å². The predicted octanol–water partition coefficient (Wildman–Crippen LogP) is 15.5. The van der Waals surface area contributed by atoms with Crippen LogP contribution in [0.2, 0.25) is 0 Å². The molecule has 0 aromatic heterocycles. The molecule has 0 saturated carbocycles. The van der Waals surface area contributed by atoms with Gasteiger partial charge in [-0.05, 0) is 38.5 Å². The Kier molecular flexibility index (Phi) is 45.0. The second kappa shape index (κ2) is 45.9. The predicted molar refractivity (Wildman–Crippen MR) is 264 cm³/mol. The van der Waals surface area contributed by atoms with Gasteiger partial charge in [0.2, 0.25) is 0 Å². The number of esters is 2. The highest BCUT2D eigenvalue weighted by Crippen LogP contribution is 2.38. The van der Waals surface area contributed by atoms with E-state index < -0.39 is 26.5 Å². The van der Waals surface area contributed by atoms with Gasteiger partial charge in [-0.2, -0.15) is 0 Å². The van der Waals surface area contributed by atoms with Gasteiger partial charge in [0.05, 0.1) is 27.7 Å². The summed E-state index contributed by atoms with van der Waals surface area (Å²) in [5.74, 6) is -0.823. The zero-order valence-electron chi connectivity index (χ0n) is 42.3. The van der Waals surface area contributed by atoms with Gasteiger partial charge < -0.3 is 27.9 Å². The van der Waals surface area contributed by atoms with Gasteiger partial charge >= 0.3 is 11.9 Å². The summed E-state index contributed by atoms with van der Waals surface area (Å²) in [6.45, 7) is 4.28. The van der Waals surface area contributed by atoms with Gasteiger partial charge in [0.25, 0.3) is 7.82 Å². The van der Waals surface area contributed by atoms with Gasteiger partial charge in [-0.1, -0.05) is 225 Å². The molecule has 0 aliphatic heterocycles. The molecule has 0 aromatic rings. The number of nitrogens with zero attached hydrogens (tertiary/aromatic N) is 1. The Morgan fingerprint density at radius 3 is 1.17 bits per heavy atom. The van der Waals surface area contributed by atoms with E-state index in [1.54, 1.807) is 0 Å². The number of hydrogen-bond acceptors (Lipinski definition) is 8. The number of ether oxygens (including phenoxy) is 2. The minimum atomic E-state index is -4.63. The molecule has 2 atom stereocenters. The second-order valence-electron chi connectivity index (χ2n) is 19.6. The second-order valence-corrected chi connectivity index (χ2v) is 21.0. The number of likely N-dealkylation sites (N-methyl/N-ethyl adjacent to an activating group) is 1. The Labute approximate surface area is 390 Å². The molecular formula is C53H104NO8P. The van der Waals surface area contributed by atoms with E-state index in [1.807, 2.05) is 21.1 Å². The van der Waals surface area contributed by atoms with E-state index in [2.05, 4.69) is 26.0 Å². The molecule has 0 amide bonds. The third-order valence-electron chi connectivity index (χ3n) is 12.0. The number of allylic oxidation sites excluding steroid dienone is 2. The van der Waals surface area contributed by atoms with Crippen LogP contribution in [-0.2, 0) is 32.7 Å². The summed E-state index contributed by atoms with van der Waals surface area (Å²) < 4.78 is 34.1. The lowest BCUT2D eigenvalue weighted by atomic mass is 10.0. The van der Waals surface area contributed by atoms with Crippen LogP contribution in [0.25, 0.3) is 0 Å². The van der Waals surface area contributed by atoms with Crippen molar-refractivity contribution < 1.29 is 42.1 Å². The summed E-state index contributed by atoms with van der Waals surface area (Å²) >= 11 is 0. The maximum Gasteiger partial charge on any atom is 0.306 e. The van der Waals surface area contributed by atoms with Crippen LogP contribution in [-0.4, -0.2) is 70.0 Å². The number of rotatable bonds is 50. The number of hydrogen-bond donors (Lipinski definition) is 0. The van der Waals surface area contributed by atoms with E-state index in [9.17, 15) is 19.0 Å². The van der Waals surface area contributed by atoms with Crippen LogP contribution in [0.3, 0.4) is 0 Å². The molecule has 63 heavy (non-hydrogen) atoms. The third kappa shape index (κ3) is 50.0. The van der Waals surface area contributed by atoms with Gasteiger partial charge in [0, 0.05) is 12.8 Å². The maximum absolute atomic E-state index is 12.7. The molecule has 0 heterocycles. The zero-order chi connectivity index (χ0) is 46.4. The van der Waals surface area contributed by atoms with E-state index in [1.165, 1.54) is 186 Å². The quantitative estimate of drug-likeness (QED) is 0.0195. The highest BCUT2D eigenvalue weighted by atomic mass is 31.2. The lowest BCUT2D eigenvalue weighted by molar-refractivity contribution is -0.870. The first kappa shape index (κ1) is 61.8. The van der Waals surface area contributed by atoms with Crippen molar-refractivity contribution in [2.75, 3.05) is 47.5 Å². The highest BCUT2D eigenvalue weighted by molar-refractivity contribution is 7.45. The normalized spacial score (nSPS) is 13.4. The fourth-order valence-corrected chi connectivity index (χ4v) is 8.56. The Bertz CT molecular complexity index is 1080. The smallest absolute Gasteiger partial charge is 0.306 e. The Morgan fingerprint density at radius 1 is 0.476 bits per heavy atom. The third-order valence-corrected chi connectivity index (χ3v) is 13.0. The van der Waals surface area contributed by atoms with Crippen molar-refractivity contribution in [2.24, 2.45) is 0 Å². The van der Waals surface area contributed by atoms with Crippen LogP contribution in [0, 0.1) is 0 Å². The van der Waals surface area contributed by atoms with Crippen molar-refractivity contribution in [3.05, 3.63) is 12.2 Å². The molecule has 0 aliphatic rings. The van der Waals surface area contributed by atoms with E-state index in [0.717, 1.165) is 44.9 Å². The number of unbranched alkanes of at least 4 members (excludes halogenated alkanes) is 34. The monoisotopic (exact) mass is 914 g/mol. The topological polar surface area (TPSA) is 111 Å². The standard InChI is InChI=1S/C53H104NO8P/c1-6-8-10-12-14-16-18-20-22-24-25-26-27-28-30-31-33-35-37-39-41-43-45-52(55)59-49-51(50-61-63(57,58)60-48-47-54(3,4)5)62-53(56)46-44-42-40-38-36-34-32-29-23-21-19-17-15-13-11-9-7-2/h21,23,51H,6-20,22,24-50H2,1-5H3/b23-21+/t51-/m1/s1. The fourth-order valence-electron chi connectivity index (χ4n) is 7.83. The van der Waals surface area contributed by atoms with Crippen LogP contribution < -0.4 is 4.89 Å². The Balaban J connectivity index is 4.17. The molecule has 0 saturated heterocycles. The van der Waals surface area contributed by atoms with E-state index in [4.69, 9.17) is 18.5 Å². The number of carbonyl (C=O) groups is 2. The molecule has 374 valence electrons. The minimum absolute atomic E-state index is 0.0282. The van der Waals surface area contributed by atoms with E-state index in [0.29, 0.717) is 17.4 Å². The maximum atomic E-state index is 12.7. The molecule has 0 aromatic carbocycles. The molecule has 0 spiro atoms. The molecule has 9 nitrogen and oxygen atoms in total. The first-order chi connectivity index (χ1) is 30.5. The highest BCUT2D eigenvalue weighted by Gasteiger charge is 2.21. The molecule has 1 unspecified atom stereocenters. The van der Waals surface area contributed by atoms with Crippen molar-refractivity contribution in [1.82, 2.24) is 0 Å². The molecule has 0 rings (SSSR count). The molecule has 0 N–H and O–H groups in total. The SMILES string of the molecule is CCCCCCCC/C=C/CCCCCCCCCC(=O)O[C@H](COC(=O)CCCCCCCCCCCCCCCCCCCCCCCC)COP(=O)([O-])OCC[N+](C)(C)C. The van der Waals surface area contributed by atoms with Crippen molar-refractivity contribution in [1.29, 1.82) is 0 Å². The lowest BCUT2D eigenvalue weighted by Gasteiger charge is -2.28. The molecule has 0 bridgehead atoms. The van der Waals surface area contributed by atoms with E-state index in [-0.39, 0.29) is 32.0 Å². The lowest BCUT2D eigenvalue weighted by Crippen LogP contribution is -2.37. The first-order valence-corrected chi connectivity index (χ1v) is 28.4. The van der Waals surface area contributed by atoms with Gasteiger partial charge in [-0.15, -0.1) is 0 Å². The van der Waals surface area contributed by atoms with Crippen LogP contribution in [0.4, 0.5) is 0 Å². The number of phosphoric ester groups is 1.